The van der Waals surface area contributed by atoms with Crippen LogP contribution in [0.3, 0.4) is 0 Å². The lowest BCUT2D eigenvalue weighted by atomic mass is 9.47. The molecule has 3 fully saturated rings. The number of aliphatic hydroxyl groups excluding tert-OH is 2. The van der Waals surface area contributed by atoms with E-state index in [1.165, 1.54) is 32.1 Å². The molecule has 0 unspecified atom stereocenters. The molecule has 166 valence electrons. The quantitative estimate of drug-likeness (QED) is 0.525. The molecule has 0 aromatic heterocycles. The van der Waals surface area contributed by atoms with Crippen LogP contribution in [0.15, 0.2) is 11.6 Å². The van der Waals surface area contributed by atoms with E-state index in [4.69, 9.17) is 0 Å². The summed E-state index contributed by atoms with van der Waals surface area (Å²) in [6.07, 6.45) is 14.1. The molecule has 0 heterocycles. The third-order valence-electron chi connectivity index (χ3n) is 10.2. The van der Waals surface area contributed by atoms with E-state index in [-0.39, 0.29) is 17.6 Å². The van der Waals surface area contributed by atoms with Gasteiger partial charge in [0.1, 0.15) is 0 Å². The molecule has 0 radical (unpaired) electrons. The molecule has 2 N–H and O–H groups in total. The Kier molecular flexibility index (Phi) is 6.01. The number of aliphatic hydroxyl groups is 2. The van der Waals surface area contributed by atoms with Crippen molar-refractivity contribution in [2.45, 2.75) is 111 Å². The summed E-state index contributed by atoms with van der Waals surface area (Å²) >= 11 is 0. The number of hydrogen-bond donors (Lipinski definition) is 2. The highest BCUT2D eigenvalue weighted by molar-refractivity contribution is 5.29. The van der Waals surface area contributed by atoms with Gasteiger partial charge in [0.2, 0.25) is 0 Å². The third kappa shape index (κ3) is 3.65. The van der Waals surface area contributed by atoms with Crippen LogP contribution in [0.4, 0.5) is 0 Å². The van der Waals surface area contributed by atoms with E-state index in [2.05, 4.69) is 40.7 Å². The Hall–Kier alpha value is -0.340. The third-order valence-corrected chi connectivity index (χ3v) is 10.2. The van der Waals surface area contributed by atoms with E-state index >= 15 is 0 Å². The van der Waals surface area contributed by atoms with Crippen LogP contribution < -0.4 is 0 Å². The Bertz CT molecular complexity index is 624. The minimum Gasteiger partial charge on any atom is -0.393 e. The average Bonchev–Trinajstić information content (AvgIpc) is 2.93. The summed E-state index contributed by atoms with van der Waals surface area (Å²) < 4.78 is 0. The van der Waals surface area contributed by atoms with Crippen LogP contribution in [0, 0.1) is 46.3 Å². The van der Waals surface area contributed by atoms with E-state index in [0.717, 1.165) is 38.0 Å². The second-order valence-electron chi connectivity index (χ2n) is 12.4. The standard InChI is InChI=1S/C27H46O2/c1-17(2)7-6-8-18(3)23-16-24(29)25-21-10-9-19-15-20(28)11-13-26(19,4)22(21)12-14-27(23,25)5/h10,17-20,22-25,28-29H,6-9,11-16H2,1-5H3/t18-,19+,20+,22+,23-,24-,25+,26+,27-/m1/s1. The minimum atomic E-state index is -0.152. The van der Waals surface area contributed by atoms with Crippen molar-refractivity contribution >= 4 is 0 Å². The Morgan fingerprint density at radius 1 is 1.00 bits per heavy atom. The van der Waals surface area contributed by atoms with Crippen LogP contribution >= 0.6 is 0 Å². The summed E-state index contributed by atoms with van der Waals surface area (Å²) in [7, 11) is 0. The van der Waals surface area contributed by atoms with E-state index in [1.54, 1.807) is 5.57 Å². The Balaban J connectivity index is 1.55. The van der Waals surface area contributed by atoms with Crippen LogP contribution in [-0.2, 0) is 0 Å². The zero-order valence-corrected chi connectivity index (χ0v) is 19.7. The first kappa shape index (κ1) is 21.9. The van der Waals surface area contributed by atoms with Gasteiger partial charge in [-0.15, -0.1) is 0 Å². The molecule has 0 aromatic carbocycles. The number of allylic oxidation sites excluding steroid dienone is 1. The first-order valence-corrected chi connectivity index (χ1v) is 12.7. The number of fused-ring (bicyclic) bond motifs is 5. The maximum Gasteiger partial charge on any atom is 0.0613 e. The smallest absolute Gasteiger partial charge is 0.0613 e. The fraction of sp³-hybridized carbons (Fsp3) is 0.926. The van der Waals surface area contributed by atoms with Crippen molar-refractivity contribution in [3.63, 3.8) is 0 Å². The highest BCUT2D eigenvalue weighted by atomic mass is 16.3. The number of rotatable bonds is 5. The largest absolute Gasteiger partial charge is 0.393 e. The summed E-state index contributed by atoms with van der Waals surface area (Å²) in [6, 6.07) is 0. The van der Waals surface area contributed by atoms with E-state index in [1.807, 2.05) is 0 Å². The molecule has 2 nitrogen and oxygen atoms in total. The molecule has 0 aliphatic heterocycles. The van der Waals surface area contributed by atoms with Crippen molar-refractivity contribution in [2.75, 3.05) is 0 Å². The van der Waals surface area contributed by atoms with Crippen molar-refractivity contribution in [2.24, 2.45) is 46.3 Å². The van der Waals surface area contributed by atoms with Gasteiger partial charge in [0.25, 0.3) is 0 Å². The van der Waals surface area contributed by atoms with Gasteiger partial charge in [-0.3, -0.25) is 0 Å². The maximum atomic E-state index is 11.3. The van der Waals surface area contributed by atoms with Crippen LogP contribution in [0.2, 0.25) is 0 Å². The van der Waals surface area contributed by atoms with Gasteiger partial charge in [-0.2, -0.15) is 0 Å². The van der Waals surface area contributed by atoms with Gasteiger partial charge in [-0.25, -0.2) is 0 Å². The zero-order chi connectivity index (χ0) is 21.0. The van der Waals surface area contributed by atoms with E-state index in [0.29, 0.717) is 35.0 Å². The number of hydrogen-bond acceptors (Lipinski definition) is 2. The molecule has 4 rings (SSSR count). The van der Waals surface area contributed by atoms with Crippen molar-refractivity contribution in [1.29, 1.82) is 0 Å². The van der Waals surface area contributed by atoms with Crippen LogP contribution in [0.5, 0.6) is 0 Å². The van der Waals surface area contributed by atoms with Crippen LogP contribution in [-0.4, -0.2) is 22.4 Å². The van der Waals surface area contributed by atoms with Crippen LogP contribution in [0.25, 0.3) is 0 Å². The molecule has 4 aliphatic rings. The topological polar surface area (TPSA) is 40.5 Å². The van der Waals surface area contributed by atoms with Gasteiger partial charge in [-0.1, -0.05) is 65.5 Å². The fourth-order valence-electron chi connectivity index (χ4n) is 8.53. The second-order valence-corrected chi connectivity index (χ2v) is 12.4. The SMILES string of the molecule is CC(C)CCC[C@@H](C)[C@H]1C[C@@H](O)[C@@H]2C3=CC[C@H]4C[C@@H](O)CC[C@]4(C)[C@H]3CC[C@]12C. The molecule has 0 bridgehead atoms. The van der Waals surface area contributed by atoms with E-state index in [9.17, 15) is 10.2 Å². The molecule has 0 saturated heterocycles. The van der Waals surface area contributed by atoms with Crippen molar-refractivity contribution < 1.29 is 10.2 Å². The van der Waals surface area contributed by atoms with Gasteiger partial charge in [0.05, 0.1) is 12.2 Å². The molecule has 3 saturated carbocycles. The van der Waals surface area contributed by atoms with Crippen molar-refractivity contribution in [1.82, 2.24) is 0 Å². The highest BCUT2D eigenvalue weighted by Crippen LogP contribution is 2.66. The lowest BCUT2D eigenvalue weighted by Gasteiger charge is -2.58. The molecular formula is C27H46O2. The second kappa shape index (κ2) is 7.97. The summed E-state index contributed by atoms with van der Waals surface area (Å²) in [5.74, 6) is 3.82. The molecule has 9 atom stereocenters. The summed E-state index contributed by atoms with van der Waals surface area (Å²) in [4.78, 5) is 0. The molecule has 4 aliphatic carbocycles. The summed E-state index contributed by atoms with van der Waals surface area (Å²) in [5.41, 5.74) is 2.24. The predicted octanol–water partition coefficient (Wildman–Crippen LogP) is 6.36. The van der Waals surface area contributed by atoms with Gasteiger partial charge < -0.3 is 10.2 Å². The average molecular weight is 403 g/mol. The lowest BCUT2D eigenvalue weighted by molar-refractivity contribution is -0.0499. The molecule has 0 aromatic rings. The lowest BCUT2D eigenvalue weighted by Crippen LogP contribution is -2.51. The predicted molar refractivity (Wildman–Crippen MR) is 120 cm³/mol. The molecule has 29 heavy (non-hydrogen) atoms. The van der Waals surface area contributed by atoms with Gasteiger partial charge >= 0.3 is 0 Å². The first-order valence-electron chi connectivity index (χ1n) is 12.7. The normalized spacial score (nSPS) is 47.9. The summed E-state index contributed by atoms with van der Waals surface area (Å²) in [6.45, 7) is 12.2. The first-order chi connectivity index (χ1) is 13.7. The van der Waals surface area contributed by atoms with Gasteiger partial charge in [0, 0.05) is 5.92 Å². The van der Waals surface area contributed by atoms with Gasteiger partial charge in [-0.05, 0) is 85.4 Å². The zero-order valence-electron chi connectivity index (χ0n) is 19.7. The monoisotopic (exact) mass is 402 g/mol. The van der Waals surface area contributed by atoms with E-state index < -0.39 is 0 Å². The maximum absolute atomic E-state index is 11.3. The molecule has 0 spiro atoms. The minimum absolute atomic E-state index is 0.0926. The Labute approximate surface area is 179 Å². The fourth-order valence-corrected chi connectivity index (χ4v) is 8.53. The highest BCUT2D eigenvalue weighted by Gasteiger charge is 2.60. The van der Waals surface area contributed by atoms with Crippen molar-refractivity contribution in [3.8, 4) is 0 Å². The Morgan fingerprint density at radius 3 is 2.45 bits per heavy atom. The Morgan fingerprint density at radius 2 is 1.72 bits per heavy atom. The van der Waals surface area contributed by atoms with Crippen molar-refractivity contribution in [3.05, 3.63) is 11.6 Å². The van der Waals surface area contributed by atoms with Gasteiger partial charge in [0.15, 0.2) is 0 Å². The molecule has 2 heteroatoms. The molecular weight excluding hydrogens is 356 g/mol. The summed E-state index contributed by atoms with van der Waals surface area (Å²) in [5, 5.41) is 21.5. The van der Waals surface area contributed by atoms with Crippen LogP contribution in [0.1, 0.15) is 98.8 Å². The molecule has 0 amide bonds.